The number of hydrogen-bond donors (Lipinski definition) is 1. The first-order valence-electron chi connectivity index (χ1n) is 7.64. The molecule has 1 fully saturated rings. The van der Waals surface area contributed by atoms with Crippen molar-refractivity contribution in [3.63, 3.8) is 0 Å². The molecule has 1 amide bonds. The number of rotatable bonds is 4. The fraction of sp³-hybridized carbons (Fsp3) is 0.438. The van der Waals surface area contributed by atoms with Crippen molar-refractivity contribution in [1.82, 2.24) is 15.5 Å². The first kappa shape index (κ1) is 14.6. The number of hydrogen-bond acceptors (Lipinski definition) is 5. The van der Waals surface area contributed by atoms with Crippen molar-refractivity contribution in [2.45, 2.75) is 32.7 Å². The van der Waals surface area contributed by atoms with Gasteiger partial charge in [-0.25, -0.2) is 4.98 Å². The molecule has 3 rings (SSSR count). The van der Waals surface area contributed by atoms with Crippen molar-refractivity contribution in [3.05, 3.63) is 41.4 Å². The van der Waals surface area contributed by atoms with Crippen molar-refractivity contribution in [2.24, 2.45) is 0 Å². The van der Waals surface area contributed by atoms with Gasteiger partial charge in [0.1, 0.15) is 5.82 Å². The molecule has 1 aliphatic rings. The largest absolute Gasteiger partial charge is 0.357 e. The number of amides is 1. The van der Waals surface area contributed by atoms with E-state index in [4.69, 9.17) is 4.52 Å². The van der Waals surface area contributed by atoms with E-state index in [9.17, 15) is 4.79 Å². The molecule has 0 saturated carbocycles. The highest BCUT2D eigenvalue weighted by Crippen LogP contribution is 2.17. The van der Waals surface area contributed by atoms with Crippen LogP contribution < -0.4 is 10.2 Å². The molecule has 0 aromatic carbocycles. The number of nitrogens with zero attached hydrogens (tertiary/aromatic N) is 3. The van der Waals surface area contributed by atoms with Gasteiger partial charge >= 0.3 is 0 Å². The maximum absolute atomic E-state index is 11.9. The number of pyridine rings is 1. The Morgan fingerprint density at radius 1 is 1.32 bits per heavy atom. The predicted molar refractivity (Wildman–Crippen MR) is 82.7 cm³/mol. The molecule has 0 bridgehead atoms. The van der Waals surface area contributed by atoms with Crippen LogP contribution in [0.5, 0.6) is 0 Å². The van der Waals surface area contributed by atoms with E-state index in [1.54, 1.807) is 13.0 Å². The van der Waals surface area contributed by atoms with E-state index in [-0.39, 0.29) is 11.7 Å². The van der Waals surface area contributed by atoms with Crippen LogP contribution in [-0.4, -0.2) is 29.1 Å². The van der Waals surface area contributed by atoms with E-state index >= 15 is 0 Å². The van der Waals surface area contributed by atoms with Crippen molar-refractivity contribution >= 4 is 11.7 Å². The van der Waals surface area contributed by atoms with E-state index in [2.05, 4.69) is 20.4 Å². The van der Waals surface area contributed by atoms with Gasteiger partial charge in [0, 0.05) is 31.9 Å². The van der Waals surface area contributed by atoms with Gasteiger partial charge in [-0.05, 0) is 37.8 Å². The highest BCUT2D eigenvalue weighted by Gasteiger charge is 2.13. The molecule has 1 N–H and O–H groups in total. The molecule has 1 aliphatic heterocycles. The summed E-state index contributed by atoms with van der Waals surface area (Å²) in [7, 11) is 0. The summed E-state index contributed by atoms with van der Waals surface area (Å²) in [6, 6.07) is 5.64. The van der Waals surface area contributed by atoms with Crippen molar-refractivity contribution in [3.8, 4) is 0 Å². The molecule has 0 aliphatic carbocycles. The fourth-order valence-electron chi connectivity index (χ4n) is 2.57. The molecule has 0 radical (unpaired) electrons. The number of aromatic nitrogens is 2. The molecular weight excluding hydrogens is 280 g/mol. The molecule has 2 aromatic heterocycles. The number of carbonyl (C=O) groups is 1. The predicted octanol–water partition coefficient (Wildman–Crippen LogP) is 2.30. The van der Waals surface area contributed by atoms with Crippen LogP contribution in [0.4, 0.5) is 5.82 Å². The minimum absolute atomic E-state index is 0.232. The molecule has 6 heteroatoms. The Balaban J connectivity index is 1.55. The Morgan fingerprint density at radius 2 is 2.14 bits per heavy atom. The Morgan fingerprint density at radius 3 is 2.77 bits per heavy atom. The zero-order valence-corrected chi connectivity index (χ0v) is 12.7. The Hall–Kier alpha value is -2.37. The SMILES string of the molecule is Cc1cc(C(=O)NCc2ccc(N3CCCCC3)nc2)on1. The van der Waals surface area contributed by atoms with Crippen molar-refractivity contribution < 1.29 is 9.32 Å². The summed E-state index contributed by atoms with van der Waals surface area (Å²) in [5, 5.41) is 6.50. The zero-order chi connectivity index (χ0) is 15.4. The standard InChI is InChI=1S/C16H20N4O2/c1-12-9-14(22-19-12)16(21)18-11-13-5-6-15(17-10-13)20-7-3-2-4-8-20/h5-6,9-10H,2-4,7-8,11H2,1H3,(H,18,21). The number of nitrogens with one attached hydrogen (secondary N) is 1. The maximum atomic E-state index is 11.9. The smallest absolute Gasteiger partial charge is 0.290 e. The van der Waals surface area contributed by atoms with Gasteiger partial charge in [-0.1, -0.05) is 11.2 Å². The zero-order valence-electron chi connectivity index (χ0n) is 12.7. The fourth-order valence-corrected chi connectivity index (χ4v) is 2.57. The third kappa shape index (κ3) is 3.44. The van der Waals surface area contributed by atoms with Crippen LogP contribution in [0.25, 0.3) is 0 Å². The second-order valence-electron chi connectivity index (χ2n) is 5.59. The number of carbonyl (C=O) groups excluding carboxylic acids is 1. The third-order valence-corrected chi connectivity index (χ3v) is 3.79. The monoisotopic (exact) mass is 300 g/mol. The first-order chi connectivity index (χ1) is 10.7. The summed E-state index contributed by atoms with van der Waals surface area (Å²) in [5.41, 5.74) is 1.66. The molecule has 3 heterocycles. The normalized spacial score (nSPS) is 14.9. The summed E-state index contributed by atoms with van der Waals surface area (Å²) in [5.74, 6) is 0.983. The summed E-state index contributed by atoms with van der Waals surface area (Å²) < 4.78 is 4.93. The van der Waals surface area contributed by atoms with Crippen LogP contribution in [0, 0.1) is 6.92 Å². The quantitative estimate of drug-likeness (QED) is 0.938. The van der Waals surface area contributed by atoms with E-state index < -0.39 is 0 Å². The molecule has 1 saturated heterocycles. The van der Waals surface area contributed by atoms with Gasteiger partial charge in [-0.2, -0.15) is 0 Å². The van der Waals surface area contributed by atoms with Gasteiger partial charge in [0.25, 0.3) is 5.91 Å². The van der Waals surface area contributed by atoms with E-state index in [0.717, 1.165) is 24.5 Å². The van der Waals surface area contributed by atoms with Crippen LogP contribution in [0.1, 0.15) is 41.1 Å². The lowest BCUT2D eigenvalue weighted by atomic mass is 10.1. The minimum Gasteiger partial charge on any atom is -0.357 e. The second-order valence-corrected chi connectivity index (χ2v) is 5.59. The average Bonchev–Trinajstić information content (AvgIpc) is 3.00. The highest BCUT2D eigenvalue weighted by atomic mass is 16.5. The summed E-state index contributed by atoms with van der Waals surface area (Å²) in [6.07, 6.45) is 5.59. The minimum atomic E-state index is -0.263. The summed E-state index contributed by atoms with van der Waals surface area (Å²) in [4.78, 5) is 18.7. The molecule has 0 spiro atoms. The van der Waals surface area contributed by atoms with Crippen LogP contribution in [0.2, 0.25) is 0 Å². The lowest BCUT2D eigenvalue weighted by Crippen LogP contribution is -2.30. The van der Waals surface area contributed by atoms with Crippen LogP contribution in [-0.2, 0) is 6.54 Å². The Kier molecular flexibility index (Phi) is 4.37. The van der Waals surface area contributed by atoms with Gasteiger partial charge < -0.3 is 14.7 Å². The van der Waals surface area contributed by atoms with Crippen LogP contribution >= 0.6 is 0 Å². The van der Waals surface area contributed by atoms with E-state index in [1.807, 2.05) is 18.3 Å². The number of piperidine rings is 1. The number of anilines is 1. The van der Waals surface area contributed by atoms with Gasteiger partial charge in [-0.3, -0.25) is 4.79 Å². The third-order valence-electron chi connectivity index (χ3n) is 3.79. The Labute approximate surface area is 129 Å². The lowest BCUT2D eigenvalue weighted by molar-refractivity contribution is 0.0914. The molecule has 0 atom stereocenters. The first-order valence-corrected chi connectivity index (χ1v) is 7.64. The highest BCUT2D eigenvalue weighted by molar-refractivity contribution is 5.91. The average molecular weight is 300 g/mol. The lowest BCUT2D eigenvalue weighted by Gasteiger charge is -2.27. The maximum Gasteiger partial charge on any atom is 0.290 e. The van der Waals surface area contributed by atoms with E-state index in [1.165, 1.54) is 19.3 Å². The van der Waals surface area contributed by atoms with Gasteiger partial charge in [0.05, 0.1) is 5.69 Å². The van der Waals surface area contributed by atoms with Crippen molar-refractivity contribution in [2.75, 3.05) is 18.0 Å². The molecule has 2 aromatic rings. The van der Waals surface area contributed by atoms with Crippen LogP contribution in [0.15, 0.2) is 28.9 Å². The summed E-state index contributed by atoms with van der Waals surface area (Å²) in [6.45, 7) is 4.36. The molecular formula is C16H20N4O2. The van der Waals surface area contributed by atoms with Crippen molar-refractivity contribution in [1.29, 1.82) is 0 Å². The summed E-state index contributed by atoms with van der Waals surface area (Å²) >= 11 is 0. The number of aryl methyl sites for hydroxylation is 1. The molecule has 22 heavy (non-hydrogen) atoms. The molecule has 0 unspecified atom stereocenters. The van der Waals surface area contributed by atoms with Crippen LogP contribution in [0.3, 0.4) is 0 Å². The second kappa shape index (κ2) is 6.60. The van der Waals surface area contributed by atoms with E-state index in [0.29, 0.717) is 12.2 Å². The van der Waals surface area contributed by atoms with Gasteiger partial charge in [-0.15, -0.1) is 0 Å². The topological polar surface area (TPSA) is 71.3 Å². The Bertz CT molecular complexity index is 630. The molecule has 116 valence electrons. The van der Waals surface area contributed by atoms with Gasteiger partial charge in [0.2, 0.25) is 5.76 Å². The van der Waals surface area contributed by atoms with Gasteiger partial charge in [0.15, 0.2) is 0 Å². The molecule has 6 nitrogen and oxygen atoms in total.